The van der Waals surface area contributed by atoms with Crippen molar-refractivity contribution >= 4 is 28.8 Å². The standard InChI is InChI=1S/C16H18N4O2S/c1-4-10-20-11(2)14(12(3)21)23-16(20)19-18-15(22)17-13-8-6-5-7-9-13/h4-9H,1,10H2,2-3H3,(H2,17,18,22). The maximum atomic E-state index is 11.9. The van der Waals surface area contributed by atoms with E-state index in [1.54, 1.807) is 18.2 Å². The van der Waals surface area contributed by atoms with Crippen molar-refractivity contribution in [1.29, 1.82) is 0 Å². The van der Waals surface area contributed by atoms with Gasteiger partial charge in [0.05, 0.1) is 4.88 Å². The van der Waals surface area contributed by atoms with E-state index < -0.39 is 6.03 Å². The van der Waals surface area contributed by atoms with Crippen molar-refractivity contribution in [3.05, 3.63) is 58.4 Å². The zero-order valence-corrected chi connectivity index (χ0v) is 13.8. The van der Waals surface area contributed by atoms with E-state index in [1.165, 1.54) is 18.3 Å². The molecule has 6 nitrogen and oxygen atoms in total. The van der Waals surface area contributed by atoms with Gasteiger partial charge in [0.1, 0.15) is 0 Å². The number of amides is 2. The van der Waals surface area contributed by atoms with Crippen molar-refractivity contribution < 1.29 is 9.59 Å². The van der Waals surface area contributed by atoms with Crippen LogP contribution < -0.4 is 15.5 Å². The van der Waals surface area contributed by atoms with E-state index in [1.807, 2.05) is 29.7 Å². The predicted octanol–water partition coefficient (Wildman–Crippen LogP) is 2.88. The van der Waals surface area contributed by atoms with Gasteiger partial charge >= 0.3 is 6.03 Å². The molecule has 2 N–H and O–H groups in total. The highest BCUT2D eigenvalue weighted by atomic mass is 32.1. The molecule has 1 aromatic carbocycles. The average Bonchev–Trinajstić information content (AvgIpc) is 2.84. The monoisotopic (exact) mass is 330 g/mol. The molecule has 120 valence electrons. The summed E-state index contributed by atoms with van der Waals surface area (Å²) in [6.07, 6.45) is 1.71. The normalized spacial score (nSPS) is 11.1. The molecule has 0 aliphatic rings. The summed E-state index contributed by atoms with van der Waals surface area (Å²) in [6.45, 7) is 7.57. The summed E-state index contributed by atoms with van der Waals surface area (Å²) in [6, 6.07) is 8.63. The lowest BCUT2D eigenvalue weighted by molar-refractivity contribution is 0.102. The van der Waals surface area contributed by atoms with Gasteiger partial charge in [-0.25, -0.2) is 10.2 Å². The molecule has 2 amide bonds. The van der Waals surface area contributed by atoms with Crippen molar-refractivity contribution in [2.75, 3.05) is 5.32 Å². The maximum absolute atomic E-state index is 11.9. The van der Waals surface area contributed by atoms with Crippen LogP contribution in [0.25, 0.3) is 0 Å². The van der Waals surface area contributed by atoms with Gasteiger partial charge < -0.3 is 9.88 Å². The molecule has 0 radical (unpaired) electrons. The quantitative estimate of drug-likeness (QED) is 0.502. The maximum Gasteiger partial charge on any atom is 0.339 e. The number of anilines is 1. The van der Waals surface area contributed by atoms with Crippen molar-refractivity contribution in [3.63, 3.8) is 0 Å². The fraction of sp³-hybridized carbons (Fsp3) is 0.188. The zero-order valence-electron chi connectivity index (χ0n) is 13.0. The highest BCUT2D eigenvalue weighted by Gasteiger charge is 2.12. The number of aromatic nitrogens is 1. The van der Waals surface area contributed by atoms with E-state index in [2.05, 4.69) is 22.4 Å². The minimum Gasteiger partial charge on any atom is -0.315 e. The molecule has 0 aliphatic carbocycles. The first kappa shape index (κ1) is 16.7. The van der Waals surface area contributed by atoms with E-state index in [9.17, 15) is 9.59 Å². The molecule has 2 aromatic rings. The van der Waals surface area contributed by atoms with Crippen LogP contribution in [0.1, 0.15) is 22.3 Å². The number of allylic oxidation sites excluding steroid dienone is 1. The molecule has 23 heavy (non-hydrogen) atoms. The van der Waals surface area contributed by atoms with Gasteiger partial charge in [0.2, 0.25) is 4.80 Å². The smallest absolute Gasteiger partial charge is 0.315 e. The van der Waals surface area contributed by atoms with Crippen molar-refractivity contribution in [1.82, 2.24) is 9.99 Å². The lowest BCUT2D eigenvalue weighted by Gasteiger charge is -2.04. The van der Waals surface area contributed by atoms with Gasteiger partial charge in [0.15, 0.2) is 5.78 Å². The number of Topliss-reactive ketones (excluding diaryl/α,β-unsaturated/α-hetero) is 1. The Kier molecular flexibility index (Phi) is 5.48. The van der Waals surface area contributed by atoms with Crippen LogP contribution in [0.4, 0.5) is 10.5 Å². The number of hydrogen-bond acceptors (Lipinski definition) is 4. The van der Waals surface area contributed by atoms with Crippen LogP contribution in [0.2, 0.25) is 0 Å². The summed E-state index contributed by atoms with van der Waals surface area (Å²) < 4.78 is 1.83. The lowest BCUT2D eigenvalue weighted by atomic mass is 10.3. The van der Waals surface area contributed by atoms with Crippen LogP contribution in [-0.2, 0) is 6.54 Å². The molecular formula is C16H18N4O2S. The third-order valence-electron chi connectivity index (χ3n) is 3.07. The van der Waals surface area contributed by atoms with Gasteiger partial charge in [0.25, 0.3) is 0 Å². The van der Waals surface area contributed by atoms with Crippen LogP contribution in [-0.4, -0.2) is 16.4 Å². The molecule has 0 fully saturated rings. The Hall–Kier alpha value is -2.67. The number of hydrogen-bond donors (Lipinski definition) is 2. The molecule has 2 rings (SSSR count). The van der Waals surface area contributed by atoms with Gasteiger partial charge in [-0.05, 0) is 19.1 Å². The highest BCUT2D eigenvalue weighted by molar-refractivity contribution is 7.11. The summed E-state index contributed by atoms with van der Waals surface area (Å²) in [5.74, 6) is -0.0273. The summed E-state index contributed by atoms with van der Waals surface area (Å²) in [5, 5.41) is 6.78. The highest BCUT2D eigenvalue weighted by Crippen LogP contribution is 2.12. The molecule has 1 heterocycles. The van der Waals surface area contributed by atoms with Crippen LogP contribution in [0.15, 0.2) is 48.1 Å². The minimum atomic E-state index is -0.447. The lowest BCUT2D eigenvalue weighted by Crippen LogP contribution is -2.28. The summed E-state index contributed by atoms with van der Waals surface area (Å²) >= 11 is 1.24. The molecule has 0 bridgehead atoms. The fourth-order valence-corrected chi connectivity index (χ4v) is 3.02. The van der Waals surface area contributed by atoms with Crippen LogP contribution in [0.5, 0.6) is 0 Å². The number of nitrogens with one attached hydrogen (secondary N) is 2. The van der Waals surface area contributed by atoms with Crippen LogP contribution in [0.3, 0.4) is 0 Å². The number of nitrogens with zero attached hydrogens (tertiary/aromatic N) is 2. The second-order valence-electron chi connectivity index (χ2n) is 4.80. The first-order chi connectivity index (χ1) is 11.0. The minimum absolute atomic E-state index is 0.0273. The number of benzene rings is 1. The second-order valence-corrected chi connectivity index (χ2v) is 5.78. The van der Waals surface area contributed by atoms with Crippen LogP contribution in [0, 0.1) is 6.92 Å². The third-order valence-corrected chi connectivity index (χ3v) is 4.36. The molecule has 0 aliphatic heterocycles. The molecule has 0 atom stereocenters. The number of ketones is 1. The Balaban J connectivity index is 2.21. The Morgan fingerprint density at radius 3 is 2.65 bits per heavy atom. The molecule has 0 saturated carbocycles. The number of para-hydroxylation sites is 1. The number of carbonyl (C=O) groups excluding carboxylic acids is 2. The summed E-state index contributed by atoms with van der Waals surface area (Å²) in [5.41, 5.74) is 3.93. The Bertz CT molecular complexity index is 790. The van der Waals surface area contributed by atoms with Crippen molar-refractivity contribution in [2.45, 2.75) is 20.4 Å². The SMILES string of the molecule is C=CCn1c(C)c(C(C)=O)sc1=NNC(=O)Nc1ccccc1. The first-order valence-electron chi connectivity index (χ1n) is 7.00. The van der Waals surface area contributed by atoms with E-state index in [-0.39, 0.29) is 5.78 Å². The second kappa shape index (κ2) is 7.55. The number of rotatable bonds is 5. The van der Waals surface area contributed by atoms with Crippen LogP contribution >= 0.6 is 11.3 Å². The van der Waals surface area contributed by atoms with Gasteiger partial charge in [-0.1, -0.05) is 35.6 Å². The largest absolute Gasteiger partial charge is 0.339 e. The summed E-state index contributed by atoms with van der Waals surface area (Å²) in [4.78, 5) is 24.7. The third kappa shape index (κ3) is 4.17. The van der Waals surface area contributed by atoms with Gasteiger partial charge in [-0.3, -0.25) is 4.79 Å². The molecule has 7 heteroatoms. The Morgan fingerprint density at radius 2 is 2.04 bits per heavy atom. The number of carbonyl (C=O) groups is 2. The zero-order chi connectivity index (χ0) is 16.8. The van der Waals surface area contributed by atoms with E-state index in [0.29, 0.717) is 21.9 Å². The van der Waals surface area contributed by atoms with Crippen molar-refractivity contribution in [3.8, 4) is 0 Å². The molecule has 1 aromatic heterocycles. The Morgan fingerprint density at radius 1 is 1.35 bits per heavy atom. The van der Waals surface area contributed by atoms with Gasteiger partial charge in [-0.15, -0.1) is 11.7 Å². The average molecular weight is 330 g/mol. The molecule has 0 spiro atoms. The van der Waals surface area contributed by atoms with Crippen molar-refractivity contribution in [2.24, 2.45) is 5.10 Å². The molecular weight excluding hydrogens is 312 g/mol. The fourth-order valence-electron chi connectivity index (χ4n) is 2.02. The first-order valence-corrected chi connectivity index (χ1v) is 7.82. The van der Waals surface area contributed by atoms with E-state index >= 15 is 0 Å². The Labute approximate surface area is 138 Å². The number of urea groups is 1. The van der Waals surface area contributed by atoms with Gasteiger partial charge in [-0.2, -0.15) is 0 Å². The topological polar surface area (TPSA) is 75.5 Å². The number of thiazole rings is 1. The predicted molar refractivity (Wildman–Crippen MR) is 91.4 cm³/mol. The molecule has 0 unspecified atom stereocenters. The van der Waals surface area contributed by atoms with E-state index in [4.69, 9.17) is 0 Å². The van der Waals surface area contributed by atoms with Gasteiger partial charge in [0, 0.05) is 24.8 Å². The van der Waals surface area contributed by atoms with E-state index in [0.717, 1.165) is 5.69 Å². The molecule has 0 saturated heterocycles. The summed E-state index contributed by atoms with van der Waals surface area (Å²) in [7, 11) is 0.